The number of aromatic amines is 1. The van der Waals surface area contributed by atoms with Gasteiger partial charge in [0.25, 0.3) is 11.8 Å². The van der Waals surface area contributed by atoms with Gasteiger partial charge in [-0.2, -0.15) is 0 Å². The molecule has 0 spiro atoms. The number of carbonyl (C=O) groups excluding carboxylic acids is 3. The first-order valence-electron chi connectivity index (χ1n) is 13.0. The van der Waals surface area contributed by atoms with Gasteiger partial charge in [-0.05, 0) is 71.6 Å². The van der Waals surface area contributed by atoms with Crippen molar-refractivity contribution in [2.24, 2.45) is 5.73 Å². The van der Waals surface area contributed by atoms with Crippen LogP contribution in [0.2, 0.25) is 0 Å². The Kier molecular flexibility index (Phi) is 5.18. The molecule has 1 fully saturated rings. The van der Waals surface area contributed by atoms with Crippen molar-refractivity contribution in [1.29, 1.82) is 0 Å². The van der Waals surface area contributed by atoms with Crippen LogP contribution in [0.25, 0.3) is 32.9 Å². The van der Waals surface area contributed by atoms with Gasteiger partial charge in [0.05, 0.1) is 17.6 Å². The van der Waals surface area contributed by atoms with Crippen LogP contribution in [0.1, 0.15) is 31.8 Å². The number of anilines is 2. The number of nitrogens with two attached hydrogens (primary N) is 1. The lowest BCUT2D eigenvalue weighted by Gasteiger charge is -2.21. The Hall–Kier alpha value is -5.18. The van der Waals surface area contributed by atoms with E-state index in [0.717, 1.165) is 44.4 Å². The van der Waals surface area contributed by atoms with Crippen LogP contribution in [-0.2, 0) is 6.54 Å². The molecule has 4 N–H and O–H groups in total. The van der Waals surface area contributed by atoms with Crippen LogP contribution in [0.4, 0.5) is 20.6 Å². The highest BCUT2D eigenvalue weighted by atomic mass is 19.1. The fraction of sp³-hybridized carbons (Fsp3) is 0.129. The fourth-order valence-corrected chi connectivity index (χ4v) is 6.01. The average molecular weight is 534 g/mol. The molecule has 0 aliphatic carbocycles. The maximum absolute atomic E-state index is 13.9. The topological polar surface area (TPSA) is 112 Å². The molecular formula is C31H24FN5O3. The summed E-state index contributed by atoms with van der Waals surface area (Å²) in [5, 5.41) is 4.51. The van der Waals surface area contributed by atoms with E-state index < -0.39 is 5.91 Å². The Morgan fingerprint density at radius 3 is 2.55 bits per heavy atom. The number of fused-ring (bicyclic) bond motifs is 4. The molecule has 8 nitrogen and oxygen atoms in total. The number of halogens is 1. The Morgan fingerprint density at radius 2 is 1.77 bits per heavy atom. The van der Waals surface area contributed by atoms with E-state index in [2.05, 4.69) is 10.3 Å². The summed E-state index contributed by atoms with van der Waals surface area (Å²) in [7, 11) is 0. The molecule has 0 atom stereocenters. The molecule has 3 heterocycles. The number of H-pyrrole nitrogens is 1. The van der Waals surface area contributed by atoms with Gasteiger partial charge in [0, 0.05) is 46.3 Å². The van der Waals surface area contributed by atoms with Gasteiger partial charge < -0.3 is 20.9 Å². The minimum Gasteiger partial charge on any atom is -0.366 e. The minimum absolute atomic E-state index is 0.150. The van der Waals surface area contributed by atoms with Crippen molar-refractivity contribution in [2.45, 2.75) is 13.5 Å². The van der Waals surface area contributed by atoms with Crippen LogP contribution in [0, 0.1) is 12.7 Å². The van der Waals surface area contributed by atoms with Gasteiger partial charge in [-0.3, -0.25) is 14.5 Å². The summed E-state index contributed by atoms with van der Waals surface area (Å²) in [6.07, 6.45) is 0. The molecule has 4 aromatic carbocycles. The highest BCUT2D eigenvalue weighted by Crippen LogP contribution is 2.41. The second-order valence-corrected chi connectivity index (χ2v) is 10.2. The number of urea groups is 1. The molecule has 7 rings (SSSR count). The predicted molar refractivity (Wildman–Crippen MR) is 152 cm³/mol. The maximum atomic E-state index is 13.9. The van der Waals surface area contributed by atoms with E-state index in [4.69, 9.17) is 5.73 Å². The van der Waals surface area contributed by atoms with E-state index in [1.807, 2.05) is 49.4 Å². The molecule has 4 amide bonds. The van der Waals surface area contributed by atoms with Gasteiger partial charge in [0.1, 0.15) is 5.82 Å². The first-order valence-corrected chi connectivity index (χ1v) is 13.0. The van der Waals surface area contributed by atoms with Crippen molar-refractivity contribution in [1.82, 2.24) is 10.3 Å². The van der Waals surface area contributed by atoms with Crippen LogP contribution < -0.4 is 20.9 Å². The van der Waals surface area contributed by atoms with Gasteiger partial charge in [-0.25, -0.2) is 9.18 Å². The molecular weight excluding hydrogens is 509 g/mol. The first kappa shape index (κ1) is 23.9. The molecule has 2 aliphatic rings. The van der Waals surface area contributed by atoms with E-state index in [0.29, 0.717) is 35.3 Å². The smallest absolute Gasteiger partial charge is 0.321 e. The lowest BCUT2D eigenvalue weighted by Crippen LogP contribution is -2.27. The third-order valence-electron chi connectivity index (χ3n) is 7.93. The van der Waals surface area contributed by atoms with Gasteiger partial charge in [0.2, 0.25) is 0 Å². The zero-order valence-electron chi connectivity index (χ0n) is 21.5. The van der Waals surface area contributed by atoms with Gasteiger partial charge in [-0.1, -0.05) is 24.3 Å². The van der Waals surface area contributed by atoms with Gasteiger partial charge in [-0.15, -0.1) is 0 Å². The van der Waals surface area contributed by atoms with Crippen LogP contribution in [0.15, 0.2) is 66.7 Å². The third-order valence-corrected chi connectivity index (χ3v) is 7.93. The quantitative estimate of drug-likeness (QED) is 0.294. The van der Waals surface area contributed by atoms with Crippen molar-refractivity contribution < 1.29 is 18.8 Å². The van der Waals surface area contributed by atoms with Gasteiger partial charge in [0.15, 0.2) is 0 Å². The van der Waals surface area contributed by atoms with Crippen LogP contribution in [-0.4, -0.2) is 35.9 Å². The number of aromatic nitrogens is 1. The Bertz CT molecular complexity index is 1930. The largest absolute Gasteiger partial charge is 0.366 e. The number of benzene rings is 4. The summed E-state index contributed by atoms with van der Waals surface area (Å²) >= 11 is 0. The number of nitrogens with zero attached hydrogens (tertiary/aromatic N) is 2. The molecule has 5 aromatic rings. The van der Waals surface area contributed by atoms with E-state index in [9.17, 15) is 18.8 Å². The summed E-state index contributed by atoms with van der Waals surface area (Å²) in [6.45, 7) is 3.38. The van der Waals surface area contributed by atoms with E-state index in [1.165, 1.54) is 18.2 Å². The summed E-state index contributed by atoms with van der Waals surface area (Å²) in [4.78, 5) is 44.6. The lowest BCUT2D eigenvalue weighted by molar-refractivity contribution is 0.0990. The van der Waals surface area contributed by atoms with Crippen molar-refractivity contribution >= 4 is 51.0 Å². The highest BCUT2D eigenvalue weighted by molar-refractivity contribution is 6.21. The van der Waals surface area contributed by atoms with Crippen molar-refractivity contribution in [3.63, 3.8) is 0 Å². The van der Waals surface area contributed by atoms with Crippen LogP contribution in [0.5, 0.6) is 0 Å². The molecule has 0 bridgehead atoms. The third kappa shape index (κ3) is 3.47. The number of rotatable bonds is 4. The Labute approximate surface area is 228 Å². The van der Waals surface area contributed by atoms with E-state index in [1.54, 1.807) is 15.9 Å². The summed E-state index contributed by atoms with van der Waals surface area (Å²) < 4.78 is 13.9. The molecule has 2 aliphatic heterocycles. The van der Waals surface area contributed by atoms with Crippen molar-refractivity contribution in [3.05, 3.63) is 94.8 Å². The second-order valence-electron chi connectivity index (χ2n) is 10.2. The highest BCUT2D eigenvalue weighted by Gasteiger charge is 2.30. The number of hydrogen-bond acceptors (Lipinski definition) is 3. The van der Waals surface area contributed by atoms with Crippen LogP contribution in [0.3, 0.4) is 0 Å². The number of carbonyl (C=O) groups is 3. The number of amides is 4. The predicted octanol–water partition coefficient (Wildman–Crippen LogP) is 5.22. The maximum Gasteiger partial charge on any atom is 0.321 e. The molecule has 40 heavy (non-hydrogen) atoms. The summed E-state index contributed by atoms with van der Waals surface area (Å²) in [6, 6.07) is 19.2. The number of primary amides is 1. The molecule has 1 aromatic heterocycles. The van der Waals surface area contributed by atoms with E-state index in [-0.39, 0.29) is 24.3 Å². The molecule has 0 saturated carbocycles. The minimum atomic E-state index is -0.555. The Balaban J connectivity index is 1.40. The first-order chi connectivity index (χ1) is 19.3. The molecule has 0 radical (unpaired) electrons. The van der Waals surface area contributed by atoms with Crippen LogP contribution >= 0.6 is 0 Å². The van der Waals surface area contributed by atoms with Crippen molar-refractivity contribution in [2.75, 3.05) is 22.9 Å². The normalized spacial score (nSPS) is 14.8. The number of hydrogen-bond donors (Lipinski definition) is 3. The summed E-state index contributed by atoms with van der Waals surface area (Å²) in [5.41, 5.74) is 12.7. The van der Waals surface area contributed by atoms with Gasteiger partial charge >= 0.3 is 6.03 Å². The molecule has 198 valence electrons. The fourth-order valence-electron chi connectivity index (χ4n) is 6.01. The zero-order valence-corrected chi connectivity index (χ0v) is 21.5. The SMILES string of the molecule is Cc1c(-c2ccc(C(N)=O)c3[nH]c4cc(N5CCNC5=O)ccc4c23)cccc1N1Cc2cc(F)ccc2C1=O. The zero-order chi connectivity index (χ0) is 27.7. The molecule has 0 unspecified atom stereocenters. The summed E-state index contributed by atoms with van der Waals surface area (Å²) in [5.74, 6) is -1.10. The average Bonchev–Trinajstić information content (AvgIpc) is 3.62. The lowest BCUT2D eigenvalue weighted by atomic mass is 9.93. The van der Waals surface area contributed by atoms with E-state index >= 15 is 0 Å². The standard InChI is InChI=1S/C31H24FN5O3/c1-16-20(3-2-4-26(16)37-15-17-13-18(32)5-7-21(17)30(37)39)22-9-10-24(29(33)38)28-27(22)23-8-6-19(14-25(23)35-28)36-12-11-34-31(36)40/h2-10,13-14,35H,11-12,15H2,1H3,(H2,33,38)(H,34,40). The monoisotopic (exact) mass is 533 g/mol. The molecule has 1 saturated heterocycles. The second kappa shape index (κ2) is 8.67. The molecule has 9 heteroatoms. The van der Waals surface area contributed by atoms with Crippen molar-refractivity contribution in [3.8, 4) is 11.1 Å². The Morgan fingerprint density at radius 1 is 0.950 bits per heavy atom. The number of nitrogens with one attached hydrogen (secondary N) is 2.